The number of furan rings is 1. The van der Waals surface area contributed by atoms with E-state index in [9.17, 15) is 0 Å². The standard InChI is InChI=1S/C15H18ClNO/c1-3-4-11-5-7-12(8-6-11)14(17-2)13-9-10-18-15(13)16/h5-10,14,17H,3-4H2,1-2H3. The molecule has 0 saturated heterocycles. The molecule has 2 rings (SSSR count). The molecule has 18 heavy (non-hydrogen) atoms. The summed E-state index contributed by atoms with van der Waals surface area (Å²) < 4.78 is 5.16. The fraction of sp³-hybridized carbons (Fsp3) is 0.333. The Labute approximate surface area is 113 Å². The molecule has 0 radical (unpaired) electrons. The number of hydrogen-bond acceptors (Lipinski definition) is 2. The van der Waals surface area contributed by atoms with E-state index in [4.69, 9.17) is 16.0 Å². The van der Waals surface area contributed by atoms with E-state index < -0.39 is 0 Å². The maximum absolute atomic E-state index is 6.04. The van der Waals surface area contributed by atoms with Gasteiger partial charge in [0.2, 0.25) is 0 Å². The van der Waals surface area contributed by atoms with Gasteiger partial charge >= 0.3 is 0 Å². The molecule has 2 aromatic rings. The van der Waals surface area contributed by atoms with Crippen LogP contribution < -0.4 is 5.32 Å². The highest BCUT2D eigenvalue weighted by Gasteiger charge is 2.16. The lowest BCUT2D eigenvalue weighted by atomic mass is 9.99. The monoisotopic (exact) mass is 263 g/mol. The molecule has 0 spiro atoms. The SMILES string of the molecule is CCCc1ccc(C(NC)c2ccoc2Cl)cc1. The van der Waals surface area contributed by atoms with Crippen LogP contribution in [0.1, 0.15) is 36.1 Å². The van der Waals surface area contributed by atoms with Crippen LogP contribution in [-0.4, -0.2) is 7.05 Å². The molecule has 1 atom stereocenters. The molecule has 0 bridgehead atoms. The molecule has 0 aliphatic heterocycles. The van der Waals surface area contributed by atoms with Crippen molar-refractivity contribution in [3.05, 3.63) is 58.5 Å². The van der Waals surface area contributed by atoms with Gasteiger partial charge < -0.3 is 9.73 Å². The zero-order valence-corrected chi connectivity index (χ0v) is 11.5. The second-order valence-electron chi connectivity index (χ2n) is 4.36. The van der Waals surface area contributed by atoms with Crippen molar-refractivity contribution in [1.82, 2.24) is 5.32 Å². The first-order valence-corrected chi connectivity index (χ1v) is 6.63. The van der Waals surface area contributed by atoms with Crippen LogP contribution in [0.5, 0.6) is 0 Å². The number of benzene rings is 1. The summed E-state index contributed by atoms with van der Waals surface area (Å²) in [6, 6.07) is 10.6. The topological polar surface area (TPSA) is 25.2 Å². The van der Waals surface area contributed by atoms with Crippen molar-refractivity contribution < 1.29 is 4.42 Å². The van der Waals surface area contributed by atoms with E-state index in [1.54, 1.807) is 6.26 Å². The first kappa shape index (κ1) is 13.2. The summed E-state index contributed by atoms with van der Waals surface area (Å²) in [4.78, 5) is 0. The van der Waals surface area contributed by atoms with Crippen molar-refractivity contribution in [3.8, 4) is 0 Å². The fourth-order valence-corrected chi connectivity index (χ4v) is 2.40. The predicted octanol–water partition coefficient (Wildman–Crippen LogP) is 4.19. The van der Waals surface area contributed by atoms with Gasteiger partial charge in [0.25, 0.3) is 0 Å². The Morgan fingerprint density at radius 1 is 1.22 bits per heavy atom. The highest BCUT2D eigenvalue weighted by Crippen LogP contribution is 2.29. The highest BCUT2D eigenvalue weighted by molar-refractivity contribution is 6.29. The Hall–Kier alpha value is -1.25. The van der Waals surface area contributed by atoms with Crippen molar-refractivity contribution in [2.75, 3.05) is 7.05 Å². The van der Waals surface area contributed by atoms with Crippen LogP contribution >= 0.6 is 11.6 Å². The summed E-state index contributed by atoms with van der Waals surface area (Å²) in [6.45, 7) is 2.19. The third-order valence-corrected chi connectivity index (χ3v) is 3.40. The van der Waals surface area contributed by atoms with E-state index >= 15 is 0 Å². The molecule has 0 saturated carbocycles. The average molecular weight is 264 g/mol. The van der Waals surface area contributed by atoms with Crippen molar-refractivity contribution >= 4 is 11.6 Å². The number of aryl methyl sites for hydroxylation is 1. The van der Waals surface area contributed by atoms with Gasteiger partial charge in [-0.25, -0.2) is 0 Å². The van der Waals surface area contributed by atoms with E-state index in [2.05, 4.69) is 36.5 Å². The molecule has 1 N–H and O–H groups in total. The number of halogens is 1. The first-order valence-electron chi connectivity index (χ1n) is 6.25. The molecule has 1 aromatic carbocycles. The van der Waals surface area contributed by atoms with Crippen LogP contribution in [0.4, 0.5) is 0 Å². The Bertz CT molecular complexity index is 489. The Morgan fingerprint density at radius 3 is 2.44 bits per heavy atom. The molecule has 0 fully saturated rings. The van der Waals surface area contributed by atoms with Gasteiger partial charge in [0.05, 0.1) is 12.3 Å². The summed E-state index contributed by atoms with van der Waals surface area (Å²) in [7, 11) is 1.92. The lowest BCUT2D eigenvalue weighted by Crippen LogP contribution is -2.17. The molecule has 96 valence electrons. The van der Waals surface area contributed by atoms with Gasteiger partial charge in [-0.05, 0) is 42.3 Å². The molecule has 0 amide bonds. The van der Waals surface area contributed by atoms with Gasteiger partial charge in [-0.2, -0.15) is 0 Å². The third kappa shape index (κ3) is 2.77. The molecule has 3 heteroatoms. The van der Waals surface area contributed by atoms with E-state index in [1.807, 2.05) is 13.1 Å². The quantitative estimate of drug-likeness (QED) is 0.875. The smallest absolute Gasteiger partial charge is 0.198 e. The summed E-state index contributed by atoms with van der Waals surface area (Å²) in [5.41, 5.74) is 3.54. The van der Waals surface area contributed by atoms with E-state index in [-0.39, 0.29) is 6.04 Å². The molecule has 1 unspecified atom stereocenters. The molecular weight excluding hydrogens is 246 g/mol. The average Bonchev–Trinajstić information content (AvgIpc) is 2.79. The van der Waals surface area contributed by atoms with Crippen molar-refractivity contribution in [1.29, 1.82) is 0 Å². The van der Waals surface area contributed by atoms with Crippen molar-refractivity contribution in [2.45, 2.75) is 25.8 Å². The minimum Gasteiger partial charge on any atom is -0.453 e. The molecule has 1 aromatic heterocycles. The lowest BCUT2D eigenvalue weighted by molar-refractivity contribution is 0.559. The van der Waals surface area contributed by atoms with Gasteiger partial charge in [-0.3, -0.25) is 0 Å². The Balaban J connectivity index is 2.25. The van der Waals surface area contributed by atoms with Crippen LogP contribution in [0.2, 0.25) is 5.22 Å². The number of nitrogens with one attached hydrogen (secondary N) is 1. The van der Waals surface area contributed by atoms with Crippen LogP contribution in [0, 0.1) is 0 Å². The number of hydrogen-bond donors (Lipinski definition) is 1. The number of rotatable bonds is 5. The van der Waals surface area contributed by atoms with Gasteiger partial charge in [0, 0.05) is 5.56 Å². The summed E-state index contributed by atoms with van der Waals surface area (Å²) in [5, 5.41) is 3.72. The summed E-state index contributed by atoms with van der Waals surface area (Å²) in [6.07, 6.45) is 3.91. The predicted molar refractivity (Wildman–Crippen MR) is 75.1 cm³/mol. The third-order valence-electron chi connectivity index (χ3n) is 3.10. The first-order chi connectivity index (χ1) is 8.76. The lowest BCUT2D eigenvalue weighted by Gasteiger charge is -2.16. The zero-order chi connectivity index (χ0) is 13.0. The van der Waals surface area contributed by atoms with Crippen LogP contribution in [-0.2, 0) is 6.42 Å². The molecular formula is C15H18ClNO. The van der Waals surface area contributed by atoms with E-state index in [0.29, 0.717) is 5.22 Å². The van der Waals surface area contributed by atoms with Crippen molar-refractivity contribution in [2.24, 2.45) is 0 Å². The van der Waals surface area contributed by atoms with Gasteiger partial charge in [0.1, 0.15) is 0 Å². The van der Waals surface area contributed by atoms with Gasteiger partial charge in [-0.15, -0.1) is 0 Å². The molecule has 2 nitrogen and oxygen atoms in total. The van der Waals surface area contributed by atoms with Gasteiger partial charge in [0.15, 0.2) is 5.22 Å². The van der Waals surface area contributed by atoms with Gasteiger partial charge in [-0.1, -0.05) is 37.6 Å². The highest BCUT2D eigenvalue weighted by atomic mass is 35.5. The molecule has 1 heterocycles. The molecule has 0 aliphatic carbocycles. The van der Waals surface area contributed by atoms with Crippen LogP contribution in [0.25, 0.3) is 0 Å². The molecule has 0 aliphatic rings. The van der Waals surface area contributed by atoms with Crippen LogP contribution in [0.15, 0.2) is 41.0 Å². The largest absolute Gasteiger partial charge is 0.453 e. The second kappa shape index (κ2) is 6.07. The zero-order valence-electron chi connectivity index (χ0n) is 10.7. The minimum absolute atomic E-state index is 0.0759. The van der Waals surface area contributed by atoms with Crippen molar-refractivity contribution in [3.63, 3.8) is 0 Å². The van der Waals surface area contributed by atoms with Crippen LogP contribution in [0.3, 0.4) is 0 Å². The maximum Gasteiger partial charge on any atom is 0.198 e. The summed E-state index contributed by atoms with van der Waals surface area (Å²) in [5.74, 6) is 0. The fourth-order valence-electron chi connectivity index (χ4n) is 2.18. The minimum atomic E-state index is 0.0759. The maximum atomic E-state index is 6.04. The van der Waals surface area contributed by atoms with E-state index in [0.717, 1.165) is 12.0 Å². The summed E-state index contributed by atoms with van der Waals surface area (Å²) >= 11 is 6.04. The van der Waals surface area contributed by atoms with E-state index in [1.165, 1.54) is 17.5 Å². The second-order valence-corrected chi connectivity index (χ2v) is 4.71. The Kier molecular flexibility index (Phi) is 4.45. The normalized spacial score (nSPS) is 12.6. The Morgan fingerprint density at radius 2 is 1.94 bits per heavy atom.